The van der Waals surface area contributed by atoms with Gasteiger partial charge in [0.15, 0.2) is 0 Å². The highest BCUT2D eigenvalue weighted by molar-refractivity contribution is 6.09. The van der Waals surface area contributed by atoms with E-state index in [1.165, 1.54) is 7.11 Å². The minimum atomic E-state index is -0.862. The van der Waals surface area contributed by atoms with Crippen LogP contribution in [0.1, 0.15) is 48.5 Å². The predicted molar refractivity (Wildman–Crippen MR) is 100 cm³/mol. The van der Waals surface area contributed by atoms with E-state index in [0.29, 0.717) is 12.0 Å². The molecule has 0 aromatic heterocycles. The Morgan fingerprint density at radius 3 is 2.61 bits per heavy atom. The number of amides is 4. The molecule has 2 N–H and O–H groups in total. The van der Waals surface area contributed by atoms with Crippen molar-refractivity contribution in [2.24, 2.45) is 5.92 Å². The van der Waals surface area contributed by atoms with Crippen LogP contribution in [-0.2, 0) is 20.9 Å². The lowest BCUT2D eigenvalue weighted by Gasteiger charge is -2.36. The van der Waals surface area contributed by atoms with Crippen LogP contribution in [0.5, 0.6) is 0 Å². The average molecular weight is 387 g/mol. The molecule has 0 radical (unpaired) electrons. The number of carbonyl (C=O) groups is 4. The molecule has 1 saturated carbocycles. The maximum Gasteiger partial charge on any atom is 0.337 e. The van der Waals surface area contributed by atoms with Crippen molar-refractivity contribution in [3.05, 3.63) is 35.4 Å². The summed E-state index contributed by atoms with van der Waals surface area (Å²) in [6.07, 6.45) is 3.43. The molecule has 4 amide bonds. The fourth-order valence-electron chi connectivity index (χ4n) is 3.92. The van der Waals surface area contributed by atoms with E-state index in [4.69, 9.17) is 0 Å². The van der Waals surface area contributed by atoms with E-state index >= 15 is 0 Å². The first-order valence-electron chi connectivity index (χ1n) is 9.45. The summed E-state index contributed by atoms with van der Waals surface area (Å²) in [5.74, 6) is -1.09. The molecule has 0 unspecified atom stereocenters. The van der Waals surface area contributed by atoms with Gasteiger partial charge < -0.3 is 15.4 Å². The molecule has 8 nitrogen and oxygen atoms in total. The van der Waals surface area contributed by atoms with Gasteiger partial charge in [-0.1, -0.05) is 31.9 Å². The van der Waals surface area contributed by atoms with Crippen LogP contribution in [0.25, 0.3) is 0 Å². The third-order valence-corrected chi connectivity index (χ3v) is 5.67. The normalized spacial score (nSPS) is 24.2. The van der Waals surface area contributed by atoms with Gasteiger partial charge in [-0.25, -0.2) is 9.59 Å². The quantitative estimate of drug-likeness (QED) is 0.590. The molecule has 0 bridgehead atoms. The number of methoxy groups -OCH3 is 1. The minimum Gasteiger partial charge on any atom is -0.465 e. The standard InChI is InChI=1S/C20H25N3O5/c1-13-5-3-4-10-20(13)18(26)23(19(27)22-20)12-16(24)21-11-14-6-8-15(9-7-14)17(25)28-2/h6-9,13H,3-5,10-12H2,1-2H3,(H,21,24)(H,22,27)/t13-,20+/m1/s1. The highest BCUT2D eigenvalue weighted by atomic mass is 16.5. The molecule has 1 aromatic rings. The Balaban J connectivity index is 1.57. The molecular formula is C20H25N3O5. The lowest BCUT2D eigenvalue weighted by atomic mass is 9.73. The van der Waals surface area contributed by atoms with Crippen LogP contribution in [0, 0.1) is 5.92 Å². The summed E-state index contributed by atoms with van der Waals surface area (Å²) in [5, 5.41) is 5.54. The zero-order chi connectivity index (χ0) is 20.3. The molecule has 1 heterocycles. The summed E-state index contributed by atoms with van der Waals surface area (Å²) >= 11 is 0. The maximum atomic E-state index is 12.9. The zero-order valence-corrected chi connectivity index (χ0v) is 16.1. The minimum absolute atomic E-state index is 0.0547. The van der Waals surface area contributed by atoms with Gasteiger partial charge in [0, 0.05) is 6.54 Å². The number of imide groups is 1. The van der Waals surface area contributed by atoms with Crippen LogP contribution in [0.15, 0.2) is 24.3 Å². The number of hydrogen-bond acceptors (Lipinski definition) is 5. The molecule has 8 heteroatoms. The molecule has 2 aliphatic rings. The van der Waals surface area contributed by atoms with Crippen LogP contribution in [0.4, 0.5) is 4.79 Å². The Kier molecular flexibility index (Phi) is 5.67. The highest BCUT2D eigenvalue weighted by Gasteiger charge is 2.55. The van der Waals surface area contributed by atoms with Gasteiger partial charge in [-0.05, 0) is 36.5 Å². The number of esters is 1. The molecule has 2 fully saturated rings. The third-order valence-electron chi connectivity index (χ3n) is 5.67. The van der Waals surface area contributed by atoms with Gasteiger partial charge >= 0.3 is 12.0 Å². The molecule has 1 aliphatic carbocycles. The van der Waals surface area contributed by atoms with E-state index in [1.54, 1.807) is 24.3 Å². The third kappa shape index (κ3) is 3.72. The fourth-order valence-corrected chi connectivity index (χ4v) is 3.92. The summed E-state index contributed by atoms with van der Waals surface area (Å²) in [6.45, 7) is 1.89. The second-order valence-electron chi connectivity index (χ2n) is 7.40. The number of carbonyl (C=O) groups excluding carboxylic acids is 4. The van der Waals surface area contributed by atoms with Gasteiger partial charge in [-0.2, -0.15) is 0 Å². The lowest BCUT2D eigenvalue weighted by Crippen LogP contribution is -2.54. The largest absolute Gasteiger partial charge is 0.465 e. The van der Waals surface area contributed by atoms with Gasteiger partial charge in [0.05, 0.1) is 12.7 Å². The molecule has 150 valence electrons. The zero-order valence-electron chi connectivity index (χ0n) is 16.1. The Labute approximate surface area is 163 Å². The molecule has 1 saturated heterocycles. The predicted octanol–water partition coefficient (Wildman–Crippen LogP) is 1.59. The molecular weight excluding hydrogens is 362 g/mol. The van der Waals surface area contributed by atoms with Crippen molar-refractivity contribution in [1.29, 1.82) is 0 Å². The van der Waals surface area contributed by atoms with Gasteiger partial charge in [0.2, 0.25) is 5.91 Å². The van der Waals surface area contributed by atoms with Crippen LogP contribution in [0.3, 0.4) is 0 Å². The number of hydrogen-bond donors (Lipinski definition) is 2. The van der Waals surface area contributed by atoms with Gasteiger partial charge in [0.25, 0.3) is 5.91 Å². The SMILES string of the molecule is COC(=O)c1ccc(CNC(=O)CN2C(=O)N[C@]3(CCCC[C@H]3C)C2=O)cc1. The first-order chi connectivity index (χ1) is 13.4. The van der Waals surface area contributed by atoms with Gasteiger partial charge in [-0.3, -0.25) is 14.5 Å². The molecule has 1 aliphatic heterocycles. The summed E-state index contributed by atoms with van der Waals surface area (Å²) in [7, 11) is 1.31. The maximum absolute atomic E-state index is 12.9. The Bertz CT molecular complexity index is 792. The van der Waals surface area contributed by atoms with Crippen LogP contribution < -0.4 is 10.6 Å². The van der Waals surface area contributed by atoms with Crippen LogP contribution in [0.2, 0.25) is 0 Å². The average Bonchev–Trinajstić information content (AvgIpc) is 2.93. The summed E-state index contributed by atoms with van der Waals surface area (Å²) in [6, 6.07) is 6.13. The number of nitrogens with zero attached hydrogens (tertiary/aromatic N) is 1. The molecule has 28 heavy (non-hydrogen) atoms. The Morgan fingerprint density at radius 2 is 1.96 bits per heavy atom. The van der Waals surface area contributed by atoms with E-state index in [0.717, 1.165) is 29.7 Å². The summed E-state index contributed by atoms with van der Waals surface area (Å²) in [4.78, 5) is 49.9. The number of rotatable bonds is 5. The smallest absolute Gasteiger partial charge is 0.337 e. The van der Waals surface area contributed by atoms with E-state index in [1.807, 2.05) is 6.92 Å². The van der Waals surface area contributed by atoms with Crippen LogP contribution >= 0.6 is 0 Å². The number of ether oxygens (including phenoxy) is 1. The van der Waals surface area contributed by atoms with Crippen molar-refractivity contribution in [3.8, 4) is 0 Å². The Hall–Kier alpha value is -2.90. The van der Waals surface area contributed by atoms with Crippen molar-refractivity contribution in [2.75, 3.05) is 13.7 Å². The lowest BCUT2D eigenvalue weighted by molar-refractivity contribution is -0.137. The monoisotopic (exact) mass is 387 g/mol. The molecule has 1 spiro atoms. The second kappa shape index (κ2) is 8.00. The van der Waals surface area contributed by atoms with Crippen molar-refractivity contribution in [3.63, 3.8) is 0 Å². The molecule has 1 aromatic carbocycles. The number of nitrogens with one attached hydrogen (secondary N) is 2. The van der Waals surface area contributed by atoms with E-state index in [2.05, 4.69) is 15.4 Å². The van der Waals surface area contributed by atoms with Crippen molar-refractivity contribution in [2.45, 2.75) is 44.7 Å². The van der Waals surface area contributed by atoms with Crippen molar-refractivity contribution < 1.29 is 23.9 Å². The topological polar surface area (TPSA) is 105 Å². The van der Waals surface area contributed by atoms with Crippen molar-refractivity contribution in [1.82, 2.24) is 15.5 Å². The first-order valence-corrected chi connectivity index (χ1v) is 9.45. The fraction of sp³-hybridized carbons (Fsp3) is 0.500. The second-order valence-corrected chi connectivity index (χ2v) is 7.40. The van der Waals surface area contributed by atoms with E-state index in [9.17, 15) is 19.2 Å². The number of benzene rings is 1. The number of urea groups is 1. The molecule has 2 atom stereocenters. The summed E-state index contributed by atoms with van der Waals surface area (Å²) in [5.41, 5.74) is 0.346. The van der Waals surface area contributed by atoms with Crippen LogP contribution in [-0.4, -0.2) is 47.9 Å². The first kappa shape index (κ1) is 19.9. The van der Waals surface area contributed by atoms with Crippen molar-refractivity contribution >= 4 is 23.8 Å². The van der Waals surface area contributed by atoms with Gasteiger partial charge in [-0.15, -0.1) is 0 Å². The van der Waals surface area contributed by atoms with Gasteiger partial charge in [0.1, 0.15) is 12.1 Å². The van der Waals surface area contributed by atoms with E-state index < -0.39 is 23.4 Å². The van der Waals surface area contributed by atoms with E-state index in [-0.39, 0.29) is 24.9 Å². The highest BCUT2D eigenvalue weighted by Crippen LogP contribution is 2.38. The summed E-state index contributed by atoms with van der Waals surface area (Å²) < 4.78 is 4.64. The molecule has 3 rings (SSSR count). The Morgan fingerprint density at radius 1 is 1.25 bits per heavy atom.